The van der Waals surface area contributed by atoms with Crippen LogP contribution in [0.4, 0.5) is 5.69 Å². The van der Waals surface area contributed by atoms with Crippen molar-refractivity contribution >= 4 is 46.1 Å². The van der Waals surface area contributed by atoms with Crippen LogP contribution in [0, 0.1) is 0 Å². The molecule has 23 heavy (non-hydrogen) atoms. The molecule has 5 nitrogen and oxygen atoms in total. The number of pyridine rings is 1. The molecule has 1 aromatic carbocycles. The molecule has 0 aliphatic carbocycles. The minimum Gasteiger partial charge on any atom is -0.331 e. The third-order valence-corrected chi connectivity index (χ3v) is 4.36. The zero-order chi connectivity index (χ0) is 16.2. The van der Waals surface area contributed by atoms with Crippen LogP contribution in [0.2, 0.25) is 5.02 Å². The normalized spacial score (nSPS) is 10.9. The van der Waals surface area contributed by atoms with Crippen LogP contribution in [0.5, 0.6) is 0 Å². The number of H-pyrrole nitrogens is 1. The molecular formula is C16H15ClN4OS. The predicted molar refractivity (Wildman–Crippen MR) is 94.1 cm³/mol. The van der Waals surface area contributed by atoms with Crippen molar-refractivity contribution in [3.63, 3.8) is 0 Å². The van der Waals surface area contributed by atoms with Gasteiger partial charge in [-0.3, -0.25) is 4.79 Å². The van der Waals surface area contributed by atoms with Crippen molar-refractivity contribution in [2.45, 2.75) is 12.1 Å². The van der Waals surface area contributed by atoms with Gasteiger partial charge in [0.25, 0.3) is 0 Å². The van der Waals surface area contributed by atoms with E-state index in [0.717, 1.165) is 11.2 Å². The van der Waals surface area contributed by atoms with Crippen molar-refractivity contribution < 1.29 is 4.79 Å². The summed E-state index contributed by atoms with van der Waals surface area (Å²) in [5.74, 6) is 0.339. The van der Waals surface area contributed by atoms with Gasteiger partial charge >= 0.3 is 0 Å². The van der Waals surface area contributed by atoms with Gasteiger partial charge in [-0.25, -0.2) is 9.97 Å². The van der Waals surface area contributed by atoms with Gasteiger partial charge in [0.1, 0.15) is 0 Å². The van der Waals surface area contributed by atoms with E-state index in [1.165, 1.54) is 11.8 Å². The van der Waals surface area contributed by atoms with Crippen molar-refractivity contribution in [1.29, 1.82) is 0 Å². The van der Waals surface area contributed by atoms with Gasteiger partial charge in [-0.2, -0.15) is 0 Å². The van der Waals surface area contributed by atoms with E-state index in [9.17, 15) is 4.79 Å². The van der Waals surface area contributed by atoms with E-state index in [1.807, 2.05) is 37.3 Å². The first-order chi connectivity index (χ1) is 11.2. The quantitative estimate of drug-likeness (QED) is 0.714. The van der Waals surface area contributed by atoms with Crippen LogP contribution >= 0.6 is 23.4 Å². The summed E-state index contributed by atoms with van der Waals surface area (Å²) in [6, 6.07) is 11.4. The van der Waals surface area contributed by atoms with E-state index in [0.29, 0.717) is 28.1 Å². The van der Waals surface area contributed by atoms with Gasteiger partial charge in [-0.15, -0.1) is 0 Å². The molecule has 0 saturated carbocycles. The van der Waals surface area contributed by atoms with Crippen LogP contribution in [-0.4, -0.2) is 33.2 Å². The molecule has 0 aliphatic heterocycles. The van der Waals surface area contributed by atoms with E-state index < -0.39 is 0 Å². The molecule has 0 radical (unpaired) electrons. The van der Waals surface area contributed by atoms with Crippen molar-refractivity contribution in [3.05, 3.63) is 47.6 Å². The maximum absolute atomic E-state index is 12.4. The number of hydrogen-bond donors (Lipinski definition) is 1. The molecule has 3 rings (SSSR count). The highest BCUT2D eigenvalue weighted by Crippen LogP contribution is 2.22. The number of hydrogen-bond acceptors (Lipinski definition) is 4. The topological polar surface area (TPSA) is 61.9 Å². The lowest BCUT2D eigenvalue weighted by Crippen LogP contribution is -2.32. The molecular weight excluding hydrogens is 332 g/mol. The molecule has 0 bridgehead atoms. The lowest BCUT2D eigenvalue weighted by molar-refractivity contribution is -0.116. The third-order valence-electron chi connectivity index (χ3n) is 3.30. The highest BCUT2D eigenvalue weighted by atomic mass is 35.5. The second-order valence-corrected chi connectivity index (χ2v) is 6.23. The van der Waals surface area contributed by atoms with Gasteiger partial charge in [0.05, 0.1) is 16.3 Å². The lowest BCUT2D eigenvalue weighted by Gasteiger charge is -2.20. The lowest BCUT2D eigenvalue weighted by atomic mass is 10.3. The smallest absolute Gasteiger partial charge is 0.237 e. The summed E-state index contributed by atoms with van der Waals surface area (Å²) >= 11 is 7.26. The van der Waals surface area contributed by atoms with E-state index >= 15 is 0 Å². The fourth-order valence-electron chi connectivity index (χ4n) is 2.24. The van der Waals surface area contributed by atoms with Gasteiger partial charge in [0.2, 0.25) is 5.91 Å². The van der Waals surface area contributed by atoms with E-state index in [-0.39, 0.29) is 5.91 Å². The zero-order valence-corrected chi connectivity index (χ0v) is 14.1. The Morgan fingerprint density at radius 3 is 2.87 bits per heavy atom. The summed E-state index contributed by atoms with van der Waals surface area (Å²) in [4.78, 5) is 25.8. The second-order valence-electron chi connectivity index (χ2n) is 4.83. The number of amides is 1. The van der Waals surface area contributed by atoms with Crippen LogP contribution in [0.25, 0.3) is 11.2 Å². The number of imidazole rings is 1. The minimum atomic E-state index is 0.0372. The van der Waals surface area contributed by atoms with Crippen molar-refractivity contribution in [3.8, 4) is 0 Å². The maximum atomic E-state index is 12.4. The third kappa shape index (κ3) is 3.65. The summed E-state index contributed by atoms with van der Waals surface area (Å²) in [6.07, 6.45) is 1.55. The summed E-state index contributed by atoms with van der Waals surface area (Å²) in [6.45, 7) is 2.59. The van der Waals surface area contributed by atoms with E-state index in [2.05, 4.69) is 15.0 Å². The number of fused-ring (bicyclic) bond motifs is 1. The van der Waals surface area contributed by atoms with Crippen LogP contribution < -0.4 is 4.90 Å². The monoisotopic (exact) mass is 346 g/mol. The molecule has 0 saturated heterocycles. The number of carbonyl (C=O) groups excluding carboxylic acids is 1. The Bertz CT molecular complexity index is 821. The molecule has 7 heteroatoms. The number of anilines is 1. The van der Waals surface area contributed by atoms with Gasteiger partial charge in [-0.05, 0) is 25.1 Å². The number of benzene rings is 1. The van der Waals surface area contributed by atoms with Gasteiger partial charge < -0.3 is 9.88 Å². The van der Waals surface area contributed by atoms with Gasteiger partial charge in [-0.1, -0.05) is 41.6 Å². The number of para-hydroxylation sites is 1. The number of nitrogens with zero attached hydrogens (tertiary/aromatic N) is 3. The molecule has 0 fully saturated rings. The first-order valence-corrected chi connectivity index (χ1v) is 8.53. The Kier molecular flexibility index (Phi) is 4.83. The van der Waals surface area contributed by atoms with Crippen molar-refractivity contribution in [2.75, 3.05) is 17.2 Å². The van der Waals surface area contributed by atoms with E-state index in [1.54, 1.807) is 17.2 Å². The van der Waals surface area contributed by atoms with Gasteiger partial charge in [0, 0.05) is 18.4 Å². The Balaban J connectivity index is 1.69. The predicted octanol–water partition coefficient (Wildman–Crippen LogP) is 3.76. The Morgan fingerprint density at radius 2 is 2.13 bits per heavy atom. The number of thioether (sulfide) groups is 1. The molecule has 1 amide bonds. The van der Waals surface area contributed by atoms with Crippen LogP contribution in [-0.2, 0) is 4.79 Å². The number of carbonyl (C=O) groups is 1. The highest BCUT2D eigenvalue weighted by Gasteiger charge is 2.15. The second kappa shape index (κ2) is 7.02. The van der Waals surface area contributed by atoms with Crippen LogP contribution in [0.3, 0.4) is 0 Å². The summed E-state index contributed by atoms with van der Waals surface area (Å²) < 4.78 is 0. The zero-order valence-electron chi connectivity index (χ0n) is 12.5. The number of nitrogens with one attached hydrogen (secondary N) is 1. The molecule has 0 spiro atoms. The first kappa shape index (κ1) is 15.8. The molecule has 2 heterocycles. The molecule has 0 atom stereocenters. The van der Waals surface area contributed by atoms with Gasteiger partial charge in [0.15, 0.2) is 10.8 Å². The number of aromatic amines is 1. The molecule has 2 aromatic heterocycles. The summed E-state index contributed by atoms with van der Waals surface area (Å²) in [5, 5.41) is 1.21. The summed E-state index contributed by atoms with van der Waals surface area (Å²) in [7, 11) is 0. The number of halogens is 1. The van der Waals surface area contributed by atoms with Crippen molar-refractivity contribution in [2.24, 2.45) is 0 Å². The van der Waals surface area contributed by atoms with Crippen molar-refractivity contribution in [1.82, 2.24) is 15.0 Å². The Morgan fingerprint density at radius 1 is 1.35 bits per heavy atom. The van der Waals surface area contributed by atoms with Crippen LogP contribution in [0.1, 0.15) is 6.92 Å². The Labute approximate surface area is 143 Å². The molecule has 0 aliphatic rings. The molecule has 0 unspecified atom stereocenters. The standard InChI is InChI=1S/C16H15ClN4OS/c1-2-21(12-6-4-3-5-7-12)14(22)10-23-16-19-13-8-11(17)9-18-15(13)20-16/h3-9H,2,10H2,1H3,(H,18,19,20). The molecule has 3 aromatic rings. The fourth-order valence-corrected chi connectivity index (χ4v) is 3.15. The summed E-state index contributed by atoms with van der Waals surface area (Å²) in [5.41, 5.74) is 2.27. The fraction of sp³-hybridized carbons (Fsp3) is 0.188. The Hall–Kier alpha value is -2.05. The first-order valence-electron chi connectivity index (χ1n) is 7.17. The average Bonchev–Trinajstić information content (AvgIpc) is 2.96. The SMILES string of the molecule is CCN(C(=O)CSc1nc2ncc(Cl)cc2[nH]1)c1ccccc1. The molecule has 118 valence electrons. The number of rotatable bonds is 5. The van der Waals surface area contributed by atoms with Crippen LogP contribution in [0.15, 0.2) is 47.8 Å². The molecule has 1 N–H and O–H groups in total. The minimum absolute atomic E-state index is 0.0372. The highest BCUT2D eigenvalue weighted by molar-refractivity contribution is 7.99. The average molecular weight is 347 g/mol. The maximum Gasteiger partial charge on any atom is 0.237 e. The largest absolute Gasteiger partial charge is 0.331 e. The van der Waals surface area contributed by atoms with E-state index in [4.69, 9.17) is 11.6 Å². The number of aromatic nitrogens is 3.